The molecule has 0 atom stereocenters. The number of fused-ring (bicyclic) bond motifs is 2. The molecule has 1 aliphatic carbocycles. The van der Waals surface area contributed by atoms with Crippen LogP contribution in [0.2, 0.25) is 0 Å². The first-order valence-electron chi connectivity index (χ1n) is 9.42. The fourth-order valence-corrected chi connectivity index (χ4v) is 3.55. The van der Waals surface area contributed by atoms with Gasteiger partial charge in [0.1, 0.15) is 17.3 Å². The molecule has 5 N–H and O–H groups in total. The number of amides is 1. The van der Waals surface area contributed by atoms with E-state index in [0.717, 1.165) is 58.4 Å². The Labute approximate surface area is 168 Å². The quantitative estimate of drug-likeness (QED) is 0.501. The number of nitrogens with one attached hydrogen (secondary N) is 3. The number of carbonyl (C=O) groups is 1. The van der Waals surface area contributed by atoms with Crippen LogP contribution in [0.3, 0.4) is 0 Å². The van der Waals surface area contributed by atoms with E-state index >= 15 is 0 Å². The van der Waals surface area contributed by atoms with E-state index in [2.05, 4.69) is 27.4 Å². The lowest BCUT2D eigenvalue weighted by Gasteiger charge is -2.19. The number of anilines is 1. The molecular formula is C22H23N5O2. The number of nitrogens with zero attached hydrogens (tertiary/aromatic N) is 1. The van der Waals surface area contributed by atoms with Gasteiger partial charge < -0.3 is 20.8 Å². The van der Waals surface area contributed by atoms with Crippen LogP contribution in [0.1, 0.15) is 34.5 Å². The highest BCUT2D eigenvalue weighted by molar-refractivity contribution is 6.07. The molecule has 0 bridgehead atoms. The van der Waals surface area contributed by atoms with Crippen LogP contribution < -0.4 is 21.2 Å². The summed E-state index contributed by atoms with van der Waals surface area (Å²) in [6.07, 6.45) is 2.80. The van der Waals surface area contributed by atoms with Crippen LogP contribution in [0, 0.1) is 0 Å². The highest BCUT2D eigenvalue weighted by Crippen LogP contribution is 2.26. The summed E-state index contributed by atoms with van der Waals surface area (Å²) in [6, 6.07) is 13.4. The van der Waals surface area contributed by atoms with E-state index in [0.29, 0.717) is 11.5 Å². The zero-order valence-electron chi connectivity index (χ0n) is 16.2. The van der Waals surface area contributed by atoms with Crippen molar-refractivity contribution in [3.8, 4) is 5.75 Å². The number of hydrazone groups is 1. The Bertz CT molecular complexity index is 1130. The number of aromatic nitrogens is 1. The normalized spacial score (nSPS) is 14.4. The Hall–Kier alpha value is -3.74. The molecule has 0 unspecified atom stereocenters. The minimum absolute atomic E-state index is 0.189. The van der Waals surface area contributed by atoms with E-state index in [-0.39, 0.29) is 5.91 Å². The van der Waals surface area contributed by atoms with E-state index < -0.39 is 0 Å². The maximum absolute atomic E-state index is 12.7. The monoisotopic (exact) mass is 389 g/mol. The summed E-state index contributed by atoms with van der Waals surface area (Å²) in [6.45, 7) is 3.60. The van der Waals surface area contributed by atoms with Crippen molar-refractivity contribution < 1.29 is 9.53 Å². The summed E-state index contributed by atoms with van der Waals surface area (Å²) >= 11 is 0. The van der Waals surface area contributed by atoms with Gasteiger partial charge >= 0.3 is 0 Å². The van der Waals surface area contributed by atoms with Crippen molar-refractivity contribution in [1.82, 2.24) is 10.4 Å². The van der Waals surface area contributed by atoms with Crippen molar-refractivity contribution in [3.63, 3.8) is 0 Å². The van der Waals surface area contributed by atoms with Gasteiger partial charge in [-0.2, -0.15) is 5.10 Å². The van der Waals surface area contributed by atoms with Crippen molar-refractivity contribution in [2.45, 2.75) is 19.3 Å². The molecule has 0 fully saturated rings. The largest absolute Gasteiger partial charge is 0.497 e. The van der Waals surface area contributed by atoms with E-state index in [1.165, 1.54) is 0 Å². The second-order valence-electron chi connectivity index (χ2n) is 7.01. The first-order chi connectivity index (χ1) is 14.0. The lowest BCUT2D eigenvalue weighted by molar-refractivity contribution is 0.102. The van der Waals surface area contributed by atoms with Crippen LogP contribution in [0.25, 0.3) is 10.9 Å². The SMILES string of the molecule is C=C(N)N/N=C1\CCCc2cc(NC(=O)c3cc4cc(OC)ccc4[nH]3)ccc21. The third-order valence-corrected chi connectivity index (χ3v) is 4.94. The van der Waals surface area contributed by atoms with Gasteiger partial charge in [-0.15, -0.1) is 0 Å². The van der Waals surface area contributed by atoms with E-state index in [9.17, 15) is 4.79 Å². The molecule has 2 aromatic carbocycles. The predicted octanol–water partition coefficient (Wildman–Crippen LogP) is 3.49. The van der Waals surface area contributed by atoms with E-state index in [1.54, 1.807) is 7.11 Å². The molecular weight excluding hydrogens is 366 g/mol. The minimum atomic E-state index is -0.189. The summed E-state index contributed by atoms with van der Waals surface area (Å²) < 4.78 is 5.24. The van der Waals surface area contributed by atoms with Gasteiger partial charge in [0.05, 0.1) is 12.8 Å². The summed E-state index contributed by atoms with van der Waals surface area (Å²) in [4.78, 5) is 15.9. The maximum Gasteiger partial charge on any atom is 0.272 e. The van der Waals surface area contributed by atoms with Gasteiger partial charge in [-0.1, -0.05) is 12.6 Å². The molecule has 0 saturated carbocycles. The number of H-pyrrole nitrogens is 1. The Kier molecular flexibility index (Phi) is 4.95. The first kappa shape index (κ1) is 18.6. The molecule has 7 nitrogen and oxygen atoms in total. The number of nitrogens with two attached hydrogens (primary N) is 1. The van der Waals surface area contributed by atoms with E-state index in [1.807, 2.05) is 42.5 Å². The van der Waals surface area contributed by atoms with Crippen LogP contribution in [0.4, 0.5) is 5.69 Å². The van der Waals surface area contributed by atoms with E-state index in [4.69, 9.17) is 10.5 Å². The Morgan fingerprint density at radius 3 is 2.86 bits per heavy atom. The lowest BCUT2D eigenvalue weighted by atomic mass is 9.90. The van der Waals surface area contributed by atoms with Gasteiger partial charge in [-0.3, -0.25) is 10.2 Å². The molecule has 0 aliphatic heterocycles. The second-order valence-corrected chi connectivity index (χ2v) is 7.01. The van der Waals surface area contributed by atoms with Crippen molar-refractivity contribution in [1.29, 1.82) is 0 Å². The molecule has 1 aliphatic rings. The number of carbonyl (C=O) groups excluding carboxylic acids is 1. The number of methoxy groups -OCH3 is 1. The maximum atomic E-state index is 12.7. The predicted molar refractivity (Wildman–Crippen MR) is 115 cm³/mol. The zero-order chi connectivity index (χ0) is 20.4. The molecule has 4 rings (SSSR count). The smallest absolute Gasteiger partial charge is 0.272 e. The standard InChI is InChI=1S/C22H23N5O2/c1-13(23)26-27-20-5-3-4-14-10-16(6-8-18(14)20)24-22(28)21-12-15-11-17(29-2)7-9-19(15)25-21/h6-12,25-26H,1,3-5,23H2,2H3,(H,24,28)/b27-20+. The van der Waals surface area contributed by atoms with Gasteiger partial charge in [-0.25, -0.2) is 0 Å². The zero-order valence-corrected chi connectivity index (χ0v) is 16.2. The summed E-state index contributed by atoms with van der Waals surface area (Å²) in [5.41, 5.74) is 13.6. The molecule has 0 spiro atoms. The van der Waals surface area contributed by atoms with Crippen LogP contribution in [-0.4, -0.2) is 23.7 Å². The van der Waals surface area contributed by atoms with Gasteiger partial charge in [-0.05, 0) is 61.2 Å². The van der Waals surface area contributed by atoms with Crippen LogP contribution >= 0.6 is 0 Å². The van der Waals surface area contributed by atoms with Gasteiger partial charge in [0.15, 0.2) is 0 Å². The van der Waals surface area contributed by atoms with Gasteiger partial charge in [0.25, 0.3) is 5.91 Å². The number of hydrogen-bond donors (Lipinski definition) is 4. The Balaban J connectivity index is 1.55. The van der Waals surface area contributed by atoms with Crippen molar-refractivity contribution >= 4 is 28.2 Å². The van der Waals surface area contributed by atoms with Crippen LogP contribution in [0.15, 0.2) is 60.0 Å². The van der Waals surface area contributed by atoms with Crippen molar-refractivity contribution in [3.05, 3.63) is 71.7 Å². The summed E-state index contributed by atoms with van der Waals surface area (Å²) in [5, 5.41) is 8.24. The summed E-state index contributed by atoms with van der Waals surface area (Å²) in [5.74, 6) is 0.874. The number of aryl methyl sites for hydroxylation is 1. The highest BCUT2D eigenvalue weighted by atomic mass is 16.5. The molecule has 1 aromatic heterocycles. The van der Waals surface area contributed by atoms with Crippen molar-refractivity contribution in [2.75, 3.05) is 12.4 Å². The van der Waals surface area contributed by atoms with Gasteiger partial charge in [0, 0.05) is 22.2 Å². The number of rotatable bonds is 5. The molecule has 0 saturated heterocycles. The molecule has 7 heteroatoms. The van der Waals surface area contributed by atoms with Crippen molar-refractivity contribution in [2.24, 2.45) is 10.8 Å². The molecule has 1 heterocycles. The molecule has 0 radical (unpaired) electrons. The van der Waals surface area contributed by atoms with Crippen LogP contribution in [0.5, 0.6) is 5.75 Å². The first-order valence-corrected chi connectivity index (χ1v) is 9.42. The third kappa shape index (κ3) is 3.94. The topological polar surface area (TPSA) is 105 Å². The highest BCUT2D eigenvalue weighted by Gasteiger charge is 2.17. The average Bonchev–Trinajstić information content (AvgIpc) is 3.15. The Morgan fingerprint density at radius 2 is 2.07 bits per heavy atom. The lowest BCUT2D eigenvalue weighted by Crippen LogP contribution is -2.19. The van der Waals surface area contributed by atoms with Gasteiger partial charge in [0.2, 0.25) is 0 Å². The third-order valence-electron chi connectivity index (χ3n) is 4.94. The van der Waals surface area contributed by atoms with Crippen LogP contribution in [-0.2, 0) is 6.42 Å². The fourth-order valence-electron chi connectivity index (χ4n) is 3.55. The molecule has 148 valence electrons. The number of benzene rings is 2. The number of hydrogen-bond acceptors (Lipinski definition) is 5. The molecule has 1 amide bonds. The summed E-state index contributed by atoms with van der Waals surface area (Å²) in [7, 11) is 1.62. The second kappa shape index (κ2) is 7.71. The molecule has 3 aromatic rings. The molecule has 29 heavy (non-hydrogen) atoms. The fraction of sp³-hybridized carbons (Fsp3) is 0.182. The minimum Gasteiger partial charge on any atom is -0.497 e. The Morgan fingerprint density at radius 1 is 1.21 bits per heavy atom. The average molecular weight is 389 g/mol. The number of aromatic amines is 1. The number of ether oxygens (including phenoxy) is 1.